The van der Waals surface area contributed by atoms with E-state index in [-0.39, 0.29) is 11.9 Å². The molecule has 2 rings (SSSR count). The molecule has 0 bridgehead atoms. The van der Waals surface area contributed by atoms with Gasteiger partial charge in [-0.3, -0.25) is 4.79 Å². The number of nitrogens with zero attached hydrogens (tertiary/aromatic N) is 1. The molecule has 0 heterocycles. The van der Waals surface area contributed by atoms with Gasteiger partial charge in [-0.15, -0.1) is 0 Å². The fraction of sp³-hybridized carbons (Fsp3) is 0.235. The molecule has 0 spiro atoms. The third kappa shape index (κ3) is 4.08. The lowest BCUT2D eigenvalue weighted by Crippen LogP contribution is -2.21. The van der Waals surface area contributed by atoms with E-state index in [0.29, 0.717) is 5.56 Å². The van der Waals surface area contributed by atoms with Gasteiger partial charge in [-0.05, 0) is 48.9 Å². The summed E-state index contributed by atoms with van der Waals surface area (Å²) in [6, 6.07) is 16.0. The molecule has 0 saturated heterocycles. The molecular formula is C17H19BrN2O. The van der Waals surface area contributed by atoms with Crippen molar-refractivity contribution in [2.75, 3.05) is 19.4 Å². The van der Waals surface area contributed by atoms with Crippen molar-refractivity contribution in [3.63, 3.8) is 0 Å². The summed E-state index contributed by atoms with van der Waals surface area (Å²) in [5, 5.41) is 3.44. The van der Waals surface area contributed by atoms with E-state index in [1.807, 2.05) is 36.4 Å². The molecule has 0 aliphatic carbocycles. The van der Waals surface area contributed by atoms with Crippen LogP contribution in [-0.2, 0) is 0 Å². The van der Waals surface area contributed by atoms with Gasteiger partial charge in [0.25, 0.3) is 5.91 Å². The topological polar surface area (TPSA) is 32.3 Å². The number of carbonyl (C=O) groups excluding carboxylic acids is 1. The van der Waals surface area contributed by atoms with E-state index < -0.39 is 0 Å². The molecule has 4 heteroatoms. The van der Waals surface area contributed by atoms with E-state index in [1.165, 1.54) is 5.56 Å². The summed E-state index contributed by atoms with van der Waals surface area (Å²) in [6.45, 7) is 2.11. The highest BCUT2D eigenvalue weighted by Crippen LogP contribution is 2.22. The van der Waals surface area contributed by atoms with Crippen LogP contribution in [0.25, 0.3) is 0 Å². The molecular weight excluding hydrogens is 328 g/mol. The molecule has 0 aliphatic heterocycles. The molecule has 0 radical (unpaired) electrons. The first-order valence-electron chi connectivity index (χ1n) is 6.81. The van der Waals surface area contributed by atoms with Crippen LogP contribution in [0, 0.1) is 0 Å². The minimum absolute atomic E-state index is 0.0154. The Labute approximate surface area is 134 Å². The molecule has 2 aromatic rings. The first-order chi connectivity index (χ1) is 9.97. The molecule has 0 fully saturated rings. The van der Waals surface area contributed by atoms with Gasteiger partial charge in [-0.1, -0.05) is 28.1 Å². The van der Waals surface area contributed by atoms with Crippen LogP contribution in [-0.4, -0.2) is 24.9 Å². The largest absolute Gasteiger partial charge is 0.379 e. The van der Waals surface area contributed by atoms with Crippen molar-refractivity contribution in [3.8, 4) is 0 Å². The van der Waals surface area contributed by atoms with Crippen LogP contribution in [0.3, 0.4) is 0 Å². The molecule has 21 heavy (non-hydrogen) atoms. The maximum absolute atomic E-state index is 11.8. The molecule has 1 unspecified atom stereocenters. The minimum Gasteiger partial charge on any atom is -0.379 e. The zero-order chi connectivity index (χ0) is 15.4. The van der Waals surface area contributed by atoms with Gasteiger partial charge in [-0.25, -0.2) is 0 Å². The highest BCUT2D eigenvalue weighted by molar-refractivity contribution is 9.10. The van der Waals surface area contributed by atoms with Crippen molar-refractivity contribution < 1.29 is 4.79 Å². The molecule has 0 aliphatic rings. The van der Waals surface area contributed by atoms with E-state index in [9.17, 15) is 4.79 Å². The van der Waals surface area contributed by atoms with Gasteiger partial charge in [0.15, 0.2) is 0 Å². The highest BCUT2D eigenvalue weighted by atomic mass is 79.9. The maximum atomic E-state index is 11.8. The Kier molecular flexibility index (Phi) is 5.02. The summed E-state index contributed by atoms with van der Waals surface area (Å²) in [6.07, 6.45) is 0. The normalized spacial score (nSPS) is 11.8. The van der Waals surface area contributed by atoms with Crippen LogP contribution >= 0.6 is 15.9 Å². The summed E-state index contributed by atoms with van der Waals surface area (Å²) < 4.78 is 1.07. The number of amides is 1. The number of benzene rings is 2. The Morgan fingerprint density at radius 3 is 2.38 bits per heavy atom. The van der Waals surface area contributed by atoms with Crippen molar-refractivity contribution in [2.24, 2.45) is 0 Å². The number of rotatable bonds is 4. The zero-order valence-electron chi connectivity index (χ0n) is 12.4. The Morgan fingerprint density at radius 2 is 1.81 bits per heavy atom. The minimum atomic E-state index is 0.0154. The summed E-state index contributed by atoms with van der Waals surface area (Å²) in [7, 11) is 3.51. The third-order valence-corrected chi connectivity index (χ3v) is 3.76. The fourth-order valence-electron chi connectivity index (χ4n) is 2.08. The second-order valence-electron chi connectivity index (χ2n) is 5.20. The highest BCUT2D eigenvalue weighted by Gasteiger charge is 2.09. The predicted molar refractivity (Wildman–Crippen MR) is 90.6 cm³/mol. The van der Waals surface area contributed by atoms with Gasteiger partial charge < -0.3 is 10.2 Å². The molecule has 0 aromatic heterocycles. The smallest absolute Gasteiger partial charge is 0.253 e. The van der Waals surface area contributed by atoms with Crippen molar-refractivity contribution in [2.45, 2.75) is 13.0 Å². The first-order valence-corrected chi connectivity index (χ1v) is 7.60. The van der Waals surface area contributed by atoms with Crippen molar-refractivity contribution in [3.05, 3.63) is 64.1 Å². The number of anilines is 1. The van der Waals surface area contributed by atoms with Crippen LogP contribution in [0.2, 0.25) is 0 Å². The van der Waals surface area contributed by atoms with Crippen LogP contribution in [0.15, 0.2) is 53.0 Å². The van der Waals surface area contributed by atoms with Gasteiger partial charge in [0.05, 0.1) is 0 Å². The standard InChI is InChI=1S/C17H19BrN2O/c1-12(14-5-4-6-15(18)11-14)19-16-9-7-13(8-10-16)17(21)20(2)3/h4-12,19H,1-3H3. The summed E-state index contributed by atoms with van der Waals surface area (Å²) in [4.78, 5) is 13.4. The SMILES string of the molecule is CC(Nc1ccc(C(=O)N(C)C)cc1)c1cccc(Br)c1. The van der Waals surface area contributed by atoms with Gasteiger partial charge in [0.1, 0.15) is 0 Å². The third-order valence-electron chi connectivity index (χ3n) is 3.27. The summed E-state index contributed by atoms with van der Waals surface area (Å²) >= 11 is 3.48. The average molecular weight is 347 g/mol. The molecule has 1 N–H and O–H groups in total. The molecule has 2 aromatic carbocycles. The zero-order valence-corrected chi connectivity index (χ0v) is 14.0. The lowest BCUT2D eigenvalue weighted by molar-refractivity contribution is 0.0827. The Balaban J connectivity index is 2.08. The Morgan fingerprint density at radius 1 is 1.14 bits per heavy atom. The summed E-state index contributed by atoms with van der Waals surface area (Å²) in [5.74, 6) is 0.0154. The van der Waals surface area contributed by atoms with Crippen molar-refractivity contribution in [1.29, 1.82) is 0 Å². The molecule has 0 saturated carbocycles. The van der Waals surface area contributed by atoms with Crippen molar-refractivity contribution >= 4 is 27.5 Å². The number of halogens is 1. The molecule has 1 atom stereocenters. The van der Waals surface area contributed by atoms with E-state index in [4.69, 9.17) is 0 Å². The number of hydrogen-bond donors (Lipinski definition) is 1. The van der Waals surface area contributed by atoms with Gasteiger partial charge in [0, 0.05) is 35.9 Å². The molecule has 110 valence electrons. The van der Waals surface area contributed by atoms with Crippen LogP contribution in [0.4, 0.5) is 5.69 Å². The van der Waals surface area contributed by atoms with E-state index in [1.54, 1.807) is 19.0 Å². The van der Waals surface area contributed by atoms with Crippen molar-refractivity contribution in [1.82, 2.24) is 4.90 Å². The lowest BCUT2D eigenvalue weighted by atomic mass is 10.1. The van der Waals surface area contributed by atoms with E-state index in [2.05, 4.69) is 40.3 Å². The van der Waals surface area contributed by atoms with E-state index >= 15 is 0 Å². The second-order valence-corrected chi connectivity index (χ2v) is 6.11. The van der Waals surface area contributed by atoms with Gasteiger partial charge in [-0.2, -0.15) is 0 Å². The Bertz CT molecular complexity index is 623. The number of carbonyl (C=O) groups is 1. The average Bonchev–Trinajstić information content (AvgIpc) is 2.47. The van der Waals surface area contributed by atoms with E-state index in [0.717, 1.165) is 10.2 Å². The van der Waals surface area contributed by atoms with Crippen LogP contribution in [0.5, 0.6) is 0 Å². The first kappa shape index (κ1) is 15.6. The lowest BCUT2D eigenvalue weighted by Gasteiger charge is -2.17. The fourth-order valence-corrected chi connectivity index (χ4v) is 2.49. The monoisotopic (exact) mass is 346 g/mol. The number of nitrogens with one attached hydrogen (secondary N) is 1. The van der Waals surface area contributed by atoms with Crippen LogP contribution < -0.4 is 5.32 Å². The van der Waals surface area contributed by atoms with Gasteiger partial charge in [0.2, 0.25) is 0 Å². The summed E-state index contributed by atoms with van der Waals surface area (Å²) in [5.41, 5.74) is 2.90. The maximum Gasteiger partial charge on any atom is 0.253 e. The second kappa shape index (κ2) is 6.76. The quantitative estimate of drug-likeness (QED) is 0.893. The number of hydrogen-bond acceptors (Lipinski definition) is 2. The predicted octanol–water partition coefficient (Wildman–Crippen LogP) is 4.32. The van der Waals surface area contributed by atoms with Crippen LogP contribution in [0.1, 0.15) is 28.9 Å². The Hall–Kier alpha value is -1.81. The van der Waals surface area contributed by atoms with Gasteiger partial charge >= 0.3 is 0 Å². The molecule has 1 amide bonds. The molecule has 3 nitrogen and oxygen atoms in total.